The molecule has 0 aliphatic carbocycles. The fourth-order valence-corrected chi connectivity index (χ4v) is 4.49. The number of aromatic nitrogens is 1. The van der Waals surface area contributed by atoms with E-state index in [0.29, 0.717) is 29.3 Å². The molecule has 2 heterocycles. The number of urea groups is 1. The zero-order valence-electron chi connectivity index (χ0n) is 18.3. The molecule has 0 spiro atoms. The topological polar surface area (TPSA) is 92.8 Å². The minimum atomic E-state index is -0.264. The fourth-order valence-electron chi connectivity index (χ4n) is 3.56. The van der Waals surface area contributed by atoms with Gasteiger partial charge in [0.1, 0.15) is 5.03 Å². The van der Waals surface area contributed by atoms with E-state index in [9.17, 15) is 9.59 Å². The van der Waals surface area contributed by atoms with Crippen LogP contribution in [0.2, 0.25) is 0 Å². The second-order valence-corrected chi connectivity index (χ2v) is 8.26. The molecule has 170 valence electrons. The van der Waals surface area contributed by atoms with Crippen LogP contribution in [0.5, 0.6) is 11.5 Å². The van der Waals surface area contributed by atoms with Crippen LogP contribution in [0.4, 0.5) is 16.2 Å². The van der Waals surface area contributed by atoms with Gasteiger partial charge in [0, 0.05) is 41.9 Å². The Morgan fingerprint density at radius 2 is 1.94 bits per heavy atom. The zero-order valence-corrected chi connectivity index (χ0v) is 19.1. The number of methoxy groups -OCH3 is 2. The lowest BCUT2D eigenvalue weighted by Crippen LogP contribution is -2.38. The Morgan fingerprint density at radius 1 is 1.09 bits per heavy atom. The number of anilines is 2. The van der Waals surface area contributed by atoms with Crippen LogP contribution in [0.1, 0.15) is 15.9 Å². The number of para-hydroxylation sites is 1. The number of hydrogen-bond donors (Lipinski definition) is 2. The van der Waals surface area contributed by atoms with E-state index < -0.39 is 0 Å². The maximum atomic E-state index is 12.9. The predicted octanol–water partition coefficient (Wildman–Crippen LogP) is 4.17. The highest BCUT2D eigenvalue weighted by atomic mass is 32.2. The van der Waals surface area contributed by atoms with E-state index in [1.165, 1.54) is 0 Å². The second kappa shape index (κ2) is 10.3. The number of thioether (sulfide) groups is 1. The van der Waals surface area contributed by atoms with Crippen molar-refractivity contribution in [2.75, 3.05) is 36.7 Å². The fraction of sp³-hybridized carbons (Fsp3) is 0.208. The molecule has 0 radical (unpaired) electrons. The molecule has 9 heteroatoms. The smallest absolute Gasteiger partial charge is 0.326 e. The number of rotatable bonds is 6. The van der Waals surface area contributed by atoms with Gasteiger partial charge in [0.05, 0.1) is 19.9 Å². The largest absolute Gasteiger partial charge is 0.493 e. The van der Waals surface area contributed by atoms with E-state index in [0.717, 1.165) is 22.0 Å². The molecule has 1 aromatic heterocycles. The minimum Gasteiger partial charge on any atom is -0.493 e. The number of carbonyl (C=O) groups excluding carboxylic acids is 2. The Hall–Kier alpha value is -3.72. The number of benzene rings is 2. The van der Waals surface area contributed by atoms with Crippen molar-refractivity contribution in [1.29, 1.82) is 0 Å². The van der Waals surface area contributed by atoms with Gasteiger partial charge in [0.25, 0.3) is 5.91 Å². The van der Waals surface area contributed by atoms with Gasteiger partial charge in [0.2, 0.25) is 0 Å². The molecule has 0 saturated heterocycles. The summed E-state index contributed by atoms with van der Waals surface area (Å²) in [4.78, 5) is 31.7. The van der Waals surface area contributed by atoms with Crippen LogP contribution in [-0.2, 0) is 6.54 Å². The van der Waals surface area contributed by atoms with Gasteiger partial charge in [-0.15, -0.1) is 11.8 Å². The normalized spacial score (nSPS) is 12.5. The Kier molecular flexibility index (Phi) is 6.99. The standard InChI is InChI=1S/C24H24N4O4S/c1-31-20-10-4-7-17(21(20)32-2)15-26-22(29)16-6-3-8-18(14-16)27-24(30)28-12-13-33-23-19(28)9-5-11-25-23/h3-11,14H,12-13,15H2,1-2H3,(H,26,29)(H,27,30). The highest BCUT2D eigenvalue weighted by Crippen LogP contribution is 2.33. The molecule has 0 atom stereocenters. The Morgan fingerprint density at radius 3 is 2.76 bits per heavy atom. The molecule has 2 N–H and O–H groups in total. The maximum absolute atomic E-state index is 12.9. The molecule has 4 rings (SSSR count). The lowest BCUT2D eigenvalue weighted by molar-refractivity contribution is 0.0950. The number of nitrogens with zero attached hydrogens (tertiary/aromatic N) is 2. The first kappa shape index (κ1) is 22.5. The van der Waals surface area contributed by atoms with Gasteiger partial charge in [-0.05, 0) is 36.4 Å². The van der Waals surface area contributed by atoms with Crippen LogP contribution in [0.3, 0.4) is 0 Å². The van der Waals surface area contributed by atoms with Crippen LogP contribution in [0.15, 0.2) is 65.8 Å². The highest BCUT2D eigenvalue weighted by Gasteiger charge is 2.24. The van der Waals surface area contributed by atoms with Crippen molar-refractivity contribution in [2.45, 2.75) is 11.6 Å². The molecule has 1 aliphatic heterocycles. The molecule has 0 unspecified atom stereocenters. The lowest BCUT2D eigenvalue weighted by Gasteiger charge is -2.28. The molecule has 3 amide bonds. The van der Waals surface area contributed by atoms with Gasteiger partial charge < -0.3 is 20.1 Å². The molecule has 1 aliphatic rings. The molecule has 0 bridgehead atoms. The van der Waals surface area contributed by atoms with Gasteiger partial charge in [0.15, 0.2) is 11.5 Å². The summed E-state index contributed by atoms with van der Waals surface area (Å²) >= 11 is 1.63. The first-order chi connectivity index (χ1) is 16.1. The zero-order chi connectivity index (χ0) is 23.2. The Balaban J connectivity index is 1.43. The van der Waals surface area contributed by atoms with E-state index in [4.69, 9.17) is 9.47 Å². The monoisotopic (exact) mass is 464 g/mol. The molecule has 3 aromatic rings. The Bertz CT molecular complexity index is 1170. The van der Waals surface area contributed by atoms with Crippen molar-refractivity contribution in [1.82, 2.24) is 10.3 Å². The molecular weight excluding hydrogens is 440 g/mol. The highest BCUT2D eigenvalue weighted by molar-refractivity contribution is 7.99. The third-order valence-electron chi connectivity index (χ3n) is 5.14. The Labute approximate surface area is 196 Å². The molecule has 33 heavy (non-hydrogen) atoms. The van der Waals surface area contributed by atoms with Gasteiger partial charge >= 0.3 is 6.03 Å². The number of fused-ring (bicyclic) bond motifs is 1. The summed E-state index contributed by atoms with van der Waals surface area (Å²) in [5.74, 6) is 1.69. The summed E-state index contributed by atoms with van der Waals surface area (Å²) in [5, 5.41) is 6.61. The van der Waals surface area contributed by atoms with E-state index in [2.05, 4.69) is 15.6 Å². The summed E-state index contributed by atoms with van der Waals surface area (Å²) in [7, 11) is 3.13. The summed E-state index contributed by atoms with van der Waals surface area (Å²) < 4.78 is 10.7. The van der Waals surface area contributed by atoms with Gasteiger partial charge in [-0.25, -0.2) is 9.78 Å². The average Bonchev–Trinajstić information content (AvgIpc) is 2.86. The van der Waals surface area contributed by atoms with Gasteiger partial charge in [-0.1, -0.05) is 18.2 Å². The first-order valence-corrected chi connectivity index (χ1v) is 11.3. The average molecular weight is 465 g/mol. The molecule has 8 nitrogen and oxygen atoms in total. The van der Waals surface area contributed by atoms with Crippen molar-refractivity contribution in [3.8, 4) is 11.5 Å². The van der Waals surface area contributed by atoms with E-state index in [-0.39, 0.29) is 18.5 Å². The maximum Gasteiger partial charge on any atom is 0.326 e. The van der Waals surface area contributed by atoms with Gasteiger partial charge in [-0.2, -0.15) is 0 Å². The number of amides is 3. The number of hydrogen-bond acceptors (Lipinski definition) is 6. The van der Waals surface area contributed by atoms with Crippen LogP contribution in [0.25, 0.3) is 0 Å². The predicted molar refractivity (Wildman–Crippen MR) is 128 cm³/mol. The third kappa shape index (κ3) is 5.04. The van der Waals surface area contributed by atoms with Crippen LogP contribution < -0.4 is 25.0 Å². The van der Waals surface area contributed by atoms with Crippen molar-refractivity contribution in [3.05, 3.63) is 71.9 Å². The van der Waals surface area contributed by atoms with Crippen LogP contribution in [-0.4, -0.2) is 43.4 Å². The summed E-state index contributed by atoms with van der Waals surface area (Å²) in [5.41, 5.74) is 2.55. The lowest BCUT2D eigenvalue weighted by atomic mass is 10.1. The van der Waals surface area contributed by atoms with Gasteiger partial charge in [-0.3, -0.25) is 9.69 Å². The van der Waals surface area contributed by atoms with E-state index in [1.54, 1.807) is 67.4 Å². The van der Waals surface area contributed by atoms with Crippen LogP contribution in [0, 0.1) is 0 Å². The van der Waals surface area contributed by atoms with Crippen LogP contribution >= 0.6 is 11.8 Å². The molecule has 0 saturated carbocycles. The van der Waals surface area contributed by atoms with Crippen molar-refractivity contribution >= 4 is 35.1 Å². The molecular formula is C24H24N4O4S. The number of nitrogens with one attached hydrogen (secondary N) is 2. The third-order valence-corrected chi connectivity index (χ3v) is 6.12. The minimum absolute atomic E-state index is 0.261. The van der Waals surface area contributed by atoms with Crippen molar-refractivity contribution in [2.24, 2.45) is 0 Å². The van der Waals surface area contributed by atoms with E-state index in [1.807, 2.05) is 24.3 Å². The molecule has 2 aromatic carbocycles. The first-order valence-electron chi connectivity index (χ1n) is 10.3. The van der Waals surface area contributed by atoms with Crippen molar-refractivity contribution < 1.29 is 19.1 Å². The summed E-state index contributed by atoms with van der Waals surface area (Å²) in [6.45, 7) is 0.850. The molecule has 0 fully saturated rings. The number of ether oxygens (including phenoxy) is 2. The second-order valence-electron chi connectivity index (χ2n) is 7.17. The quantitative estimate of drug-likeness (QED) is 0.569. The number of carbonyl (C=O) groups is 2. The van der Waals surface area contributed by atoms with Crippen molar-refractivity contribution in [3.63, 3.8) is 0 Å². The summed E-state index contributed by atoms with van der Waals surface area (Å²) in [6, 6.07) is 15.8. The number of pyridine rings is 1. The SMILES string of the molecule is COc1cccc(CNC(=O)c2cccc(NC(=O)N3CCSc4ncccc43)c2)c1OC. The van der Waals surface area contributed by atoms with E-state index >= 15 is 0 Å². The summed E-state index contributed by atoms with van der Waals surface area (Å²) in [6.07, 6.45) is 1.72.